The highest BCUT2D eigenvalue weighted by molar-refractivity contribution is 4.91. The fraction of sp³-hybridized carbons (Fsp3) is 1.00. The van der Waals surface area contributed by atoms with E-state index in [4.69, 9.17) is 0 Å². The third kappa shape index (κ3) is 1.90. The third-order valence-electron chi connectivity index (χ3n) is 4.08. The summed E-state index contributed by atoms with van der Waals surface area (Å²) in [5.41, 5.74) is 0.258. The van der Waals surface area contributed by atoms with Crippen molar-refractivity contribution in [3.8, 4) is 0 Å². The molecule has 0 aromatic carbocycles. The summed E-state index contributed by atoms with van der Waals surface area (Å²) in [4.78, 5) is 0. The van der Waals surface area contributed by atoms with Crippen molar-refractivity contribution in [2.75, 3.05) is 6.61 Å². The number of hydrogen-bond acceptors (Lipinski definition) is 1. The van der Waals surface area contributed by atoms with E-state index in [2.05, 4.69) is 13.8 Å². The molecular formula is C12H22O. The maximum atomic E-state index is 9.37. The van der Waals surface area contributed by atoms with Crippen LogP contribution in [0.3, 0.4) is 0 Å². The molecule has 1 nitrogen and oxygen atoms in total. The molecule has 2 unspecified atom stereocenters. The van der Waals surface area contributed by atoms with E-state index in [9.17, 15) is 5.11 Å². The van der Waals surface area contributed by atoms with Crippen LogP contribution in [0.2, 0.25) is 0 Å². The van der Waals surface area contributed by atoms with E-state index in [0.29, 0.717) is 6.61 Å². The third-order valence-corrected chi connectivity index (χ3v) is 4.08. The first kappa shape index (κ1) is 9.51. The van der Waals surface area contributed by atoms with Gasteiger partial charge in [0.05, 0.1) is 0 Å². The van der Waals surface area contributed by atoms with E-state index in [-0.39, 0.29) is 5.41 Å². The molecule has 2 aliphatic rings. The monoisotopic (exact) mass is 182 g/mol. The molecule has 2 fully saturated rings. The Morgan fingerprint density at radius 1 is 1.15 bits per heavy atom. The minimum Gasteiger partial charge on any atom is -0.396 e. The van der Waals surface area contributed by atoms with Gasteiger partial charge in [-0.1, -0.05) is 13.8 Å². The molecule has 1 N–H and O–H groups in total. The quantitative estimate of drug-likeness (QED) is 0.661. The summed E-state index contributed by atoms with van der Waals surface area (Å²) in [6, 6.07) is 0. The molecule has 2 saturated carbocycles. The van der Waals surface area contributed by atoms with Crippen molar-refractivity contribution in [1.29, 1.82) is 0 Å². The van der Waals surface area contributed by atoms with Gasteiger partial charge in [-0.25, -0.2) is 0 Å². The van der Waals surface area contributed by atoms with Crippen molar-refractivity contribution < 1.29 is 5.11 Å². The second-order valence-electron chi connectivity index (χ2n) is 5.92. The highest BCUT2D eigenvalue weighted by atomic mass is 16.3. The van der Waals surface area contributed by atoms with Gasteiger partial charge in [-0.3, -0.25) is 0 Å². The Hall–Kier alpha value is -0.0400. The number of rotatable bonds is 1. The fourth-order valence-corrected chi connectivity index (χ4v) is 3.84. The minimum atomic E-state index is 0.258. The van der Waals surface area contributed by atoms with Crippen LogP contribution in [0, 0.1) is 23.2 Å². The Balaban J connectivity index is 2.05. The zero-order valence-electron chi connectivity index (χ0n) is 8.92. The first-order valence-corrected chi connectivity index (χ1v) is 5.72. The van der Waals surface area contributed by atoms with Gasteiger partial charge in [0.25, 0.3) is 0 Å². The molecule has 0 saturated heterocycles. The largest absolute Gasteiger partial charge is 0.396 e. The van der Waals surface area contributed by atoms with E-state index in [1.54, 1.807) is 0 Å². The zero-order valence-corrected chi connectivity index (χ0v) is 8.92. The molecule has 2 aliphatic carbocycles. The lowest BCUT2D eigenvalue weighted by Crippen LogP contribution is -2.38. The molecule has 0 amide bonds. The molecule has 2 rings (SSSR count). The van der Waals surface area contributed by atoms with E-state index in [1.807, 2.05) is 0 Å². The van der Waals surface area contributed by atoms with Crippen LogP contribution in [0.1, 0.15) is 46.0 Å². The molecule has 0 heterocycles. The van der Waals surface area contributed by atoms with Gasteiger partial charge in [0.2, 0.25) is 0 Å². The molecule has 13 heavy (non-hydrogen) atoms. The molecule has 0 aromatic heterocycles. The Kier molecular flexibility index (Phi) is 2.39. The molecule has 76 valence electrons. The molecule has 0 aromatic rings. The van der Waals surface area contributed by atoms with Gasteiger partial charge >= 0.3 is 0 Å². The standard InChI is InChI=1S/C12H22O/c1-9-3-10-5-11(4-9)7-12(2,6-10)8-13/h9-11,13H,3-8H2,1-2H3. The molecule has 1 heteroatoms. The fourth-order valence-electron chi connectivity index (χ4n) is 3.84. The lowest BCUT2D eigenvalue weighted by atomic mass is 9.60. The Bertz CT molecular complexity index is 170. The number of aliphatic hydroxyl groups excluding tert-OH is 1. The first-order valence-electron chi connectivity index (χ1n) is 5.72. The van der Waals surface area contributed by atoms with Crippen LogP contribution in [0.4, 0.5) is 0 Å². The molecular weight excluding hydrogens is 160 g/mol. The van der Waals surface area contributed by atoms with Crippen molar-refractivity contribution in [2.24, 2.45) is 23.2 Å². The van der Waals surface area contributed by atoms with E-state index >= 15 is 0 Å². The highest BCUT2D eigenvalue weighted by Gasteiger charge is 2.40. The van der Waals surface area contributed by atoms with Crippen molar-refractivity contribution >= 4 is 0 Å². The minimum absolute atomic E-state index is 0.258. The molecule has 2 atom stereocenters. The van der Waals surface area contributed by atoms with Gasteiger partial charge in [-0.15, -0.1) is 0 Å². The average molecular weight is 182 g/mol. The highest BCUT2D eigenvalue weighted by Crippen LogP contribution is 2.49. The topological polar surface area (TPSA) is 20.2 Å². The van der Waals surface area contributed by atoms with Crippen LogP contribution in [-0.4, -0.2) is 11.7 Å². The lowest BCUT2D eigenvalue weighted by Gasteiger charge is -2.46. The smallest absolute Gasteiger partial charge is 0.0484 e. The Morgan fingerprint density at radius 3 is 2.15 bits per heavy atom. The second-order valence-corrected chi connectivity index (χ2v) is 5.92. The van der Waals surface area contributed by atoms with Crippen LogP contribution in [-0.2, 0) is 0 Å². The normalized spacial score (nSPS) is 50.5. The second kappa shape index (κ2) is 3.27. The molecule has 0 spiro atoms. The SMILES string of the molecule is CC1CC2CC(C1)CC(C)(CO)C2. The maximum absolute atomic E-state index is 9.37. The summed E-state index contributed by atoms with van der Waals surface area (Å²) in [6.45, 7) is 5.05. The van der Waals surface area contributed by atoms with Crippen molar-refractivity contribution in [3.63, 3.8) is 0 Å². The molecule has 0 aliphatic heterocycles. The van der Waals surface area contributed by atoms with Crippen LogP contribution in [0.25, 0.3) is 0 Å². The predicted molar refractivity (Wildman–Crippen MR) is 54.4 cm³/mol. The summed E-state index contributed by atoms with van der Waals surface area (Å²) in [5.74, 6) is 2.77. The van der Waals surface area contributed by atoms with Crippen molar-refractivity contribution in [2.45, 2.75) is 46.0 Å². The first-order chi connectivity index (χ1) is 6.11. The van der Waals surface area contributed by atoms with Gasteiger partial charge in [-0.05, 0) is 55.3 Å². The van der Waals surface area contributed by atoms with Gasteiger partial charge in [0.15, 0.2) is 0 Å². The van der Waals surface area contributed by atoms with Gasteiger partial charge < -0.3 is 5.11 Å². The summed E-state index contributed by atoms with van der Waals surface area (Å²) in [7, 11) is 0. The number of aliphatic hydroxyl groups is 1. The zero-order chi connectivity index (χ0) is 9.47. The molecule has 2 bridgehead atoms. The summed E-state index contributed by atoms with van der Waals surface area (Å²) >= 11 is 0. The van der Waals surface area contributed by atoms with Gasteiger partial charge in [0, 0.05) is 6.61 Å². The van der Waals surface area contributed by atoms with Crippen LogP contribution < -0.4 is 0 Å². The number of hydrogen-bond donors (Lipinski definition) is 1. The Labute approximate surface area is 81.5 Å². The number of fused-ring (bicyclic) bond motifs is 2. The van der Waals surface area contributed by atoms with Crippen molar-refractivity contribution in [3.05, 3.63) is 0 Å². The summed E-state index contributed by atoms with van der Waals surface area (Å²) in [5, 5.41) is 9.37. The van der Waals surface area contributed by atoms with Crippen LogP contribution in [0.5, 0.6) is 0 Å². The maximum Gasteiger partial charge on any atom is 0.0484 e. The van der Waals surface area contributed by atoms with E-state index in [1.165, 1.54) is 32.1 Å². The van der Waals surface area contributed by atoms with Crippen LogP contribution in [0.15, 0.2) is 0 Å². The van der Waals surface area contributed by atoms with E-state index in [0.717, 1.165) is 17.8 Å². The summed E-state index contributed by atoms with van der Waals surface area (Å²) in [6.07, 6.45) is 6.80. The van der Waals surface area contributed by atoms with Crippen LogP contribution >= 0.6 is 0 Å². The van der Waals surface area contributed by atoms with Crippen molar-refractivity contribution in [1.82, 2.24) is 0 Å². The predicted octanol–water partition coefficient (Wildman–Crippen LogP) is 2.83. The van der Waals surface area contributed by atoms with Gasteiger partial charge in [-0.2, -0.15) is 0 Å². The Morgan fingerprint density at radius 2 is 1.69 bits per heavy atom. The average Bonchev–Trinajstić information content (AvgIpc) is 2.01. The summed E-state index contributed by atoms with van der Waals surface area (Å²) < 4.78 is 0. The van der Waals surface area contributed by atoms with E-state index < -0.39 is 0 Å². The molecule has 0 radical (unpaired) electrons. The lowest BCUT2D eigenvalue weighted by molar-refractivity contribution is 0.00733. The van der Waals surface area contributed by atoms with Gasteiger partial charge in [0.1, 0.15) is 0 Å².